The molecule has 0 unspecified atom stereocenters. The van der Waals surface area contributed by atoms with Crippen LogP contribution in [0.5, 0.6) is 5.75 Å². The van der Waals surface area contributed by atoms with Gasteiger partial charge in [0.25, 0.3) is 0 Å². The summed E-state index contributed by atoms with van der Waals surface area (Å²) in [6.07, 6.45) is -0.137. The van der Waals surface area contributed by atoms with Crippen LogP contribution in [0.15, 0.2) is 30.3 Å². The number of ketones is 1. The van der Waals surface area contributed by atoms with Crippen molar-refractivity contribution in [2.45, 2.75) is 13.0 Å². The van der Waals surface area contributed by atoms with E-state index < -0.39 is 5.97 Å². The van der Waals surface area contributed by atoms with Gasteiger partial charge in [-0.05, 0) is 0 Å². The number of carboxylic acids is 1. The van der Waals surface area contributed by atoms with Crippen LogP contribution in [0.4, 0.5) is 0 Å². The van der Waals surface area contributed by atoms with E-state index in [1.807, 2.05) is 18.2 Å². The molecule has 0 aliphatic carbocycles. The first-order chi connectivity index (χ1) is 9.58. The average molecular weight is 271 g/mol. The van der Waals surface area contributed by atoms with Crippen LogP contribution in [-0.4, -0.2) is 21.4 Å². The molecule has 2 heterocycles. The zero-order valence-corrected chi connectivity index (χ0v) is 10.9. The largest absolute Gasteiger partial charge is 0.486 e. The van der Waals surface area contributed by atoms with E-state index in [1.165, 1.54) is 0 Å². The van der Waals surface area contributed by atoms with Crippen LogP contribution in [0.1, 0.15) is 27.3 Å². The summed E-state index contributed by atoms with van der Waals surface area (Å²) < 4.78 is 7.26. The van der Waals surface area contributed by atoms with Crippen molar-refractivity contribution in [2.24, 2.45) is 7.05 Å². The lowest BCUT2D eigenvalue weighted by molar-refractivity contribution is -0.136. The molecule has 2 aromatic rings. The maximum atomic E-state index is 12.6. The third-order valence-electron chi connectivity index (χ3n) is 3.49. The van der Waals surface area contributed by atoms with Crippen molar-refractivity contribution in [3.05, 3.63) is 52.8 Å². The van der Waals surface area contributed by atoms with E-state index in [4.69, 9.17) is 9.84 Å². The van der Waals surface area contributed by atoms with Gasteiger partial charge in [0.2, 0.25) is 5.78 Å². The smallest absolute Gasteiger partial charge is 0.309 e. The number of ether oxygens (including phenoxy) is 1. The minimum atomic E-state index is -0.936. The number of carboxylic acid groups (broad SMARTS) is 1. The van der Waals surface area contributed by atoms with E-state index in [0.29, 0.717) is 29.3 Å². The van der Waals surface area contributed by atoms with Crippen molar-refractivity contribution in [3.8, 4) is 5.75 Å². The first kappa shape index (κ1) is 12.5. The average Bonchev–Trinajstić information content (AvgIpc) is 2.63. The molecule has 0 bridgehead atoms. The van der Waals surface area contributed by atoms with E-state index >= 15 is 0 Å². The third-order valence-corrected chi connectivity index (χ3v) is 3.49. The minimum Gasteiger partial charge on any atom is -0.486 e. The van der Waals surface area contributed by atoms with Gasteiger partial charge in [0.15, 0.2) is 0 Å². The van der Waals surface area contributed by atoms with Gasteiger partial charge < -0.3 is 14.4 Å². The van der Waals surface area contributed by atoms with Gasteiger partial charge in [-0.25, -0.2) is 0 Å². The van der Waals surface area contributed by atoms with Gasteiger partial charge in [0.05, 0.1) is 6.42 Å². The summed E-state index contributed by atoms with van der Waals surface area (Å²) >= 11 is 0. The summed E-state index contributed by atoms with van der Waals surface area (Å²) in [6.45, 7) is 0.311. The highest BCUT2D eigenvalue weighted by Gasteiger charge is 2.27. The molecule has 0 atom stereocenters. The Balaban J connectivity index is 2.13. The molecule has 20 heavy (non-hydrogen) atoms. The highest BCUT2D eigenvalue weighted by atomic mass is 16.5. The second-order valence-corrected chi connectivity index (χ2v) is 4.75. The molecule has 102 valence electrons. The molecule has 5 nitrogen and oxygen atoms in total. The lowest BCUT2D eigenvalue weighted by Gasteiger charge is -2.06. The molecule has 1 aromatic heterocycles. The highest BCUT2D eigenvalue weighted by molar-refractivity contribution is 6.11. The molecule has 3 rings (SSSR count). The lowest BCUT2D eigenvalue weighted by Crippen LogP contribution is -2.12. The van der Waals surface area contributed by atoms with Crippen LogP contribution in [0.25, 0.3) is 0 Å². The summed E-state index contributed by atoms with van der Waals surface area (Å²) in [5.74, 6) is -0.620. The summed E-state index contributed by atoms with van der Waals surface area (Å²) in [6, 6.07) is 8.93. The van der Waals surface area contributed by atoms with Crippen LogP contribution in [0.3, 0.4) is 0 Å². The summed E-state index contributed by atoms with van der Waals surface area (Å²) in [5.41, 5.74) is 2.41. The first-order valence-corrected chi connectivity index (χ1v) is 6.23. The zero-order chi connectivity index (χ0) is 14.3. The molecule has 0 fully saturated rings. The fraction of sp³-hybridized carbons (Fsp3) is 0.200. The Labute approximate surface area is 115 Å². The Hall–Kier alpha value is -2.56. The number of carbonyl (C=O) groups is 2. The van der Waals surface area contributed by atoms with Gasteiger partial charge >= 0.3 is 5.97 Å². The van der Waals surface area contributed by atoms with Crippen LogP contribution in [0.2, 0.25) is 0 Å². The van der Waals surface area contributed by atoms with Gasteiger partial charge in [-0.15, -0.1) is 0 Å². The number of carbonyl (C=O) groups excluding carboxylic acids is 1. The Kier molecular flexibility index (Phi) is 2.82. The van der Waals surface area contributed by atoms with Crippen LogP contribution < -0.4 is 4.74 Å². The Morgan fingerprint density at radius 2 is 2.15 bits per heavy atom. The molecule has 1 aromatic carbocycles. The zero-order valence-electron chi connectivity index (χ0n) is 10.9. The highest BCUT2D eigenvalue weighted by Crippen LogP contribution is 2.31. The maximum absolute atomic E-state index is 12.6. The number of fused-ring (bicyclic) bond motifs is 2. The first-order valence-electron chi connectivity index (χ1n) is 6.23. The van der Waals surface area contributed by atoms with Crippen LogP contribution in [-0.2, 0) is 24.9 Å². The number of benzene rings is 1. The molecular formula is C15H13NO4. The molecule has 0 saturated carbocycles. The van der Waals surface area contributed by atoms with Crippen LogP contribution in [0, 0.1) is 0 Å². The Bertz CT molecular complexity index is 715. The van der Waals surface area contributed by atoms with Gasteiger partial charge in [-0.1, -0.05) is 24.3 Å². The second kappa shape index (κ2) is 4.52. The number of nitrogens with zero attached hydrogens (tertiary/aromatic N) is 1. The molecular weight excluding hydrogens is 258 g/mol. The fourth-order valence-electron chi connectivity index (χ4n) is 2.47. The fourth-order valence-corrected chi connectivity index (χ4v) is 2.47. The van der Waals surface area contributed by atoms with E-state index in [9.17, 15) is 9.59 Å². The van der Waals surface area contributed by atoms with E-state index in [1.54, 1.807) is 23.7 Å². The van der Waals surface area contributed by atoms with Crippen molar-refractivity contribution >= 4 is 11.8 Å². The van der Waals surface area contributed by atoms with Gasteiger partial charge in [-0.3, -0.25) is 9.59 Å². The quantitative estimate of drug-likeness (QED) is 0.904. The van der Waals surface area contributed by atoms with Crippen molar-refractivity contribution in [1.29, 1.82) is 0 Å². The molecule has 0 radical (unpaired) electrons. The van der Waals surface area contributed by atoms with E-state index in [0.717, 1.165) is 5.56 Å². The standard InChI is InChI=1S/C15H13NO4/c1-16-10(7-13(17)18)6-12-14(16)15(19)11-5-3-2-4-9(11)8-20-12/h2-6H,7-8H2,1H3,(H,17,18). The number of aromatic nitrogens is 1. The van der Waals surface area contributed by atoms with E-state index in [2.05, 4.69) is 0 Å². The van der Waals surface area contributed by atoms with Crippen molar-refractivity contribution < 1.29 is 19.4 Å². The van der Waals surface area contributed by atoms with Gasteiger partial charge in [0, 0.05) is 29.9 Å². The SMILES string of the molecule is Cn1c(CC(=O)O)cc2c1C(=O)c1ccccc1CO2. The topological polar surface area (TPSA) is 68.5 Å². The molecule has 1 aliphatic rings. The lowest BCUT2D eigenvalue weighted by atomic mass is 10.0. The van der Waals surface area contributed by atoms with Crippen LogP contribution >= 0.6 is 0 Å². The minimum absolute atomic E-state index is 0.132. The predicted octanol–water partition coefficient (Wildman–Crippen LogP) is 1.78. The Morgan fingerprint density at radius 3 is 2.90 bits per heavy atom. The Morgan fingerprint density at radius 1 is 1.40 bits per heavy atom. The second-order valence-electron chi connectivity index (χ2n) is 4.75. The van der Waals surface area contributed by atoms with Gasteiger partial charge in [-0.2, -0.15) is 0 Å². The maximum Gasteiger partial charge on any atom is 0.309 e. The summed E-state index contributed by atoms with van der Waals surface area (Å²) in [5, 5.41) is 8.89. The molecule has 1 aliphatic heterocycles. The predicted molar refractivity (Wildman–Crippen MR) is 71.0 cm³/mol. The molecule has 1 N–H and O–H groups in total. The van der Waals surface area contributed by atoms with E-state index in [-0.39, 0.29) is 12.2 Å². The molecule has 0 spiro atoms. The van der Waals surface area contributed by atoms with Crippen molar-refractivity contribution in [2.75, 3.05) is 0 Å². The summed E-state index contributed by atoms with van der Waals surface area (Å²) in [4.78, 5) is 23.4. The number of aliphatic carboxylic acids is 1. The van der Waals surface area contributed by atoms with Gasteiger partial charge in [0.1, 0.15) is 18.1 Å². The summed E-state index contributed by atoms with van der Waals surface area (Å²) in [7, 11) is 1.69. The number of hydrogen-bond acceptors (Lipinski definition) is 3. The van der Waals surface area contributed by atoms with Crippen molar-refractivity contribution in [3.63, 3.8) is 0 Å². The molecule has 0 amide bonds. The number of hydrogen-bond donors (Lipinski definition) is 1. The molecule has 0 saturated heterocycles. The van der Waals surface area contributed by atoms with Crippen molar-refractivity contribution in [1.82, 2.24) is 4.57 Å². The monoisotopic (exact) mass is 271 g/mol. The third kappa shape index (κ3) is 1.87. The number of rotatable bonds is 2. The molecule has 5 heteroatoms. The normalized spacial score (nSPS) is 13.2.